The second-order valence-corrected chi connectivity index (χ2v) is 7.10. The van der Waals surface area contributed by atoms with E-state index in [2.05, 4.69) is 17.4 Å². The molecule has 0 aliphatic heterocycles. The summed E-state index contributed by atoms with van der Waals surface area (Å²) in [6.07, 6.45) is 2.64. The molecule has 0 saturated carbocycles. The van der Waals surface area contributed by atoms with Gasteiger partial charge in [0.1, 0.15) is 10.9 Å². The molecule has 1 aromatic heterocycles. The van der Waals surface area contributed by atoms with Crippen molar-refractivity contribution in [1.82, 2.24) is 0 Å². The van der Waals surface area contributed by atoms with Gasteiger partial charge < -0.3 is 10.1 Å². The van der Waals surface area contributed by atoms with Crippen molar-refractivity contribution in [3.8, 4) is 0 Å². The Morgan fingerprint density at radius 1 is 1.33 bits per heavy atom. The number of thiophene rings is 1. The SMILES string of the molecule is COC(=O)c1c(NC(=O)CCl)sc2c1CC[C@H](c1ccccc1)C2. The molecular weight excluding hydrogens is 346 g/mol. The third kappa shape index (κ3) is 3.32. The van der Waals surface area contributed by atoms with Crippen LogP contribution in [0.25, 0.3) is 0 Å². The maximum atomic E-state index is 12.2. The number of benzene rings is 1. The molecule has 0 radical (unpaired) electrons. The summed E-state index contributed by atoms with van der Waals surface area (Å²) in [6, 6.07) is 10.4. The van der Waals surface area contributed by atoms with Crippen molar-refractivity contribution in [2.45, 2.75) is 25.2 Å². The predicted molar refractivity (Wildman–Crippen MR) is 96.2 cm³/mol. The Hall–Kier alpha value is -1.85. The number of ether oxygens (including phenoxy) is 1. The van der Waals surface area contributed by atoms with Gasteiger partial charge in [-0.2, -0.15) is 0 Å². The van der Waals surface area contributed by atoms with E-state index in [0.717, 1.165) is 29.7 Å². The van der Waals surface area contributed by atoms with Gasteiger partial charge in [0.15, 0.2) is 0 Å². The van der Waals surface area contributed by atoms with E-state index in [0.29, 0.717) is 16.5 Å². The number of esters is 1. The molecule has 6 heteroatoms. The molecule has 1 atom stereocenters. The Bertz CT molecular complexity index is 757. The molecule has 1 amide bonds. The molecule has 2 aromatic rings. The Morgan fingerprint density at radius 2 is 2.08 bits per heavy atom. The van der Waals surface area contributed by atoms with E-state index in [9.17, 15) is 9.59 Å². The van der Waals surface area contributed by atoms with Crippen LogP contribution in [0.1, 0.15) is 38.7 Å². The number of hydrogen-bond donors (Lipinski definition) is 1. The van der Waals surface area contributed by atoms with Crippen LogP contribution in [0.2, 0.25) is 0 Å². The predicted octanol–water partition coefficient (Wildman–Crippen LogP) is 3.98. The van der Waals surface area contributed by atoms with Crippen molar-refractivity contribution in [1.29, 1.82) is 0 Å². The molecule has 24 heavy (non-hydrogen) atoms. The Labute approximate surface area is 149 Å². The first-order chi connectivity index (χ1) is 11.6. The van der Waals surface area contributed by atoms with Crippen molar-refractivity contribution in [2.75, 3.05) is 18.3 Å². The molecule has 3 rings (SSSR count). The number of alkyl halides is 1. The molecule has 1 aliphatic rings. The standard InChI is InChI=1S/C18H18ClNO3S/c1-23-18(22)16-13-8-7-12(11-5-3-2-4-6-11)9-14(13)24-17(16)20-15(21)10-19/h2-6,12H,7-10H2,1H3,(H,20,21)/t12-/m0/s1. The van der Waals surface area contributed by atoms with Crippen molar-refractivity contribution >= 4 is 39.8 Å². The molecule has 1 aromatic carbocycles. The normalized spacial score (nSPS) is 16.3. The van der Waals surface area contributed by atoms with Gasteiger partial charge >= 0.3 is 5.97 Å². The fourth-order valence-electron chi connectivity index (χ4n) is 3.16. The highest BCUT2D eigenvalue weighted by Crippen LogP contribution is 2.42. The van der Waals surface area contributed by atoms with E-state index >= 15 is 0 Å². The zero-order valence-electron chi connectivity index (χ0n) is 13.3. The third-order valence-corrected chi connectivity index (χ3v) is 5.71. The molecular formula is C18H18ClNO3S. The molecule has 0 spiro atoms. The summed E-state index contributed by atoms with van der Waals surface area (Å²) < 4.78 is 4.91. The van der Waals surface area contributed by atoms with Crippen molar-refractivity contribution < 1.29 is 14.3 Å². The minimum atomic E-state index is -0.407. The van der Waals surface area contributed by atoms with Gasteiger partial charge in [0.25, 0.3) is 0 Å². The molecule has 0 bridgehead atoms. The van der Waals surface area contributed by atoms with E-state index in [1.165, 1.54) is 24.0 Å². The summed E-state index contributed by atoms with van der Waals surface area (Å²) in [5.74, 6) is -0.439. The number of carbonyl (C=O) groups excluding carboxylic acids is 2. The summed E-state index contributed by atoms with van der Waals surface area (Å²) >= 11 is 7.03. The van der Waals surface area contributed by atoms with Crippen LogP contribution < -0.4 is 5.32 Å². The summed E-state index contributed by atoms with van der Waals surface area (Å²) in [6.45, 7) is 0. The number of hydrogen-bond acceptors (Lipinski definition) is 4. The van der Waals surface area contributed by atoms with Crippen LogP contribution in [0.3, 0.4) is 0 Å². The number of methoxy groups -OCH3 is 1. The molecule has 0 fully saturated rings. The van der Waals surface area contributed by atoms with Gasteiger partial charge in [0, 0.05) is 4.88 Å². The average molecular weight is 364 g/mol. The monoisotopic (exact) mass is 363 g/mol. The largest absolute Gasteiger partial charge is 0.465 e. The Kier molecular flexibility index (Phi) is 5.21. The summed E-state index contributed by atoms with van der Waals surface area (Å²) in [4.78, 5) is 25.0. The van der Waals surface area contributed by atoms with E-state index < -0.39 is 5.97 Å². The fraction of sp³-hybridized carbons (Fsp3) is 0.333. The first-order valence-electron chi connectivity index (χ1n) is 7.77. The van der Waals surface area contributed by atoms with Gasteiger partial charge in [-0.1, -0.05) is 30.3 Å². The summed E-state index contributed by atoms with van der Waals surface area (Å²) in [5, 5.41) is 3.28. The lowest BCUT2D eigenvalue weighted by Crippen LogP contribution is -2.16. The molecule has 1 N–H and O–H groups in total. The lowest BCUT2D eigenvalue weighted by atomic mass is 9.83. The van der Waals surface area contributed by atoms with E-state index in [4.69, 9.17) is 16.3 Å². The van der Waals surface area contributed by atoms with Gasteiger partial charge in [-0.15, -0.1) is 22.9 Å². The highest BCUT2D eigenvalue weighted by Gasteiger charge is 2.30. The lowest BCUT2D eigenvalue weighted by molar-refractivity contribution is -0.113. The van der Waals surface area contributed by atoms with Crippen LogP contribution in [-0.4, -0.2) is 24.9 Å². The van der Waals surface area contributed by atoms with Gasteiger partial charge in [0.05, 0.1) is 12.7 Å². The topological polar surface area (TPSA) is 55.4 Å². The number of fused-ring (bicyclic) bond motifs is 1. The average Bonchev–Trinajstić information content (AvgIpc) is 2.98. The molecule has 4 nitrogen and oxygen atoms in total. The summed E-state index contributed by atoms with van der Waals surface area (Å²) in [7, 11) is 1.36. The van der Waals surface area contributed by atoms with Gasteiger partial charge in [0.2, 0.25) is 5.91 Å². The van der Waals surface area contributed by atoms with E-state index in [1.807, 2.05) is 18.2 Å². The number of anilines is 1. The van der Waals surface area contributed by atoms with Gasteiger partial charge in [-0.25, -0.2) is 4.79 Å². The second-order valence-electron chi connectivity index (χ2n) is 5.73. The number of nitrogens with one attached hydrogen (secondary N) is 1. The number of carbonyl (C=O) groups is 2. The summed E-state index contributed by atoms with van der Waals surface area (Å²) in [5.41, 5.74) is 2.80. The third-order valence-electron chi connectivity index (χ3n) is 4.30. The first-order valence-corrected chi connectivity index (χ1v) is 9.12. The van der Waals surface area contributed by atoms with Crippen molar-refractivity contribution in [3.63, 3.8) is 0 Å². The fourth-order valence-corrected chi connectivity index (χ4v) is 4.56. The van der Waals surface area contributed by atoms with Crippen molar-refractivity contribution in [3.05, 3.63) is 51.9 Å². The zero-order chi connectivity index (χ0) is 17.1. The van der Waals surface area contributed by atoms with Crippen LogP contribution in [0.15, 0.2) is 30.3 Å². The van der Waals surface area contributed by atoms with E-state index in [-0.39, 0.29) is 11.8 Å². The minimum Gasteiger partial charge on any atom is -0.465 e. The van der Waals surface area contributed by atoms with Crippen LogP contribution >= 0.6 is 22.9 Å². The minimum absolute atomic E-state index is 0.143. The Balaban J connectivity index is 1.94. The lowest BCUT2D eigenvalue weighted by Gasteiger charge is -2.22. The van der Waals surface area contributed by atoms with E-state index in [1.54, 1.807) is 0 Å². The maximum Gasteiger partial charge on any atom is 0.341 e. The highest BCUT2D eigenvalue weighted by molar-refractivity contribution is 7.17. The molecule has 0 saturated heterocycles. The molecule has 126 valence electrons. The molecule has 1 heterocycles. The van der Waals surface area contributed by atoms with Crippen molar-refractivity contribution in [2.24, 2.45) is 0 Å². The van der Waals surface area contributed by atoms with Gasteiger partial charge in [-0.3, -0.25) is 4.79 Å². The van der Waals surface area contributed by atoms with Gasteiger partial charge in [-0.05, 0) is 36.3 Å². The number of rotatable bonds is 4. The zero-order valence-corrected chi connectivity index (χ0v) is 14.9. The second kappa shape index (κ2) is 7.36. The van der Waals surface area contributed by atoms with Crippen LogP contribution in [0.4, 0.5) is 5.00 Å². The number of amides is 1. The van der Waals surface area contributed by atoms with Crippen LogP contribution in [-0.2, 0) is 22.4 Å². The highest BCUT2D eigenvalue weighted by atomic mass is 35.5. The maximum absolute atomic E-state index is 12.2. The smallest absolute Gasteiger partial charge is 0.341 e. The van der Waals surface area contributed by atoms with Crippen LogP contribution in [0, 0.1) is 0 Å². The quantitative estimate of drug-likeness (QED) is 0.660. The first kappa shape index (κ1) is 17.0. The number of halogens is 1. The Morgan fingerprint density at radius 3 is 2.75 bits per heavy atom. The molecule has 0 unspecified atom stereocenters. The molecule has 1 aliphatic carbocycles. The van der Waals surface area contributed by atoms with Crippen LogP contribution in [0.5, 0.6) is 0 Å².